The Bertz CT molecular complexity index is 3190. The molecule has 23 nitrogen and oxygen atoms in total. The van der Waals surface area contributed by atoms with Gasteiger partial charge in [0, 0.05) is 60.9 Å². The molecule has 0 spiro atoms. The smallest absolute Gasteiger partial charge is 0.258 e. The molecule has 30 heteroatoms. The fourth-order valence-electron chi connectivity index (χ4n) is 5.74. The highest BCUT2D eigenvalue weighted by molar-refractivity contribution is 7.91. The monoisotopic (exact) mass is 1330 g/mol. The van der Waals surface area contributed by atoms with Crippen LogP contribution in [-0.2, 0) is 70.2 Å². The molecule has 0 saturated carbocycles. The number of aromatic nitrogens is 2. The first-order chi connectivity index (χ1) is 38.6. The third-order valence-electron chi connectivity index (χ3n) is 8.91. The summed E-state index contributed by atoms with van der Waals surface area (Å²) in [7, 11) is -22.8. The average Bonchev–Trinajstić information content (AvgIpc) is 3.53. The van der Waals surface area contributed by atoms with Gasteiger partial charge in [0.2, 0.25) is 60.1 Å². The molecule has 0 aliphatic heterocycles. The van der Waals surface area contributed by atoms with E-state index >= 15 is 0 Å². The van der Waals surface area contributed by atoms with Crippen molar-refractivity contribution in [2.75, 3.05) is 6.26 Å². The van der Waals surface area contributed by atoms with E-state index in [-0.39, 0.29) is 52.2 Å². The van der Waals surface area contributed by atoms with Gasteiger partial charge in [0.15, 0.2) is 5.03 Å². The van der Waals surface area contributed by atoms with Gasteiger partial charge in [0.05, 0.1) is 30.6 Å². The molecule has 0 radical (unpaired) electrons. The van der Waals surface area contributed by atoms with Crippen molar-refractivity contribution in [2.24, 2.45) is 0 Å². The largest absolute Gasteiger partial charge is 0.265 e. The molecule has 3 aromatic carbocycles. The molecular formula is C55H93N9O14S7. The molecule has 0 unspecified atom stereocenters. The van der Waals surface area contributed by atoms with Gasteiger partial charge in [-0.2, -0.15) is 0 Å². The zero-order chi connectivity index (χ0) is 66.4. The molecule has 0 fully saturated rings. The second-order valence-corrected chi connectivity index (χ2v) is 34.4. The lowest BCUT2D eigenvalue weighted by Gasteiger charge is -2.21. The standard InChI is InChI=1S/C10H15NO2S.2C9H13NO2S.2C8H12N2O2S.C7H17NO2S.C4H11NO2S/c1-8(2)11-14(12,13)10-6-4-9(3)5-7-10;2*1-8(2)10-13(11,12)9-6-4-3-5-7-9;1-7(2)10-13(11,12)8-3-5-9-6-4-8;1-7(2)10-13(11,12)8-5-3-4-6-9-8;1-6(2)8-11(9,10)7(3,4)5;1-4(2)5-8(3,6)7/h4-8,11H,1-3H3;2*3-8,10H,1-2H3;2*3-7,10H,1-2H3;6,8H,1-5H3;4-5H,1-3H3. The van der Waals surface area contributed by atoms with Gasteiger partial charge in [-0.3, -0.25) is 4.98 Å². The summed E-state index contributed by atoms with van der Waals surface area (Å²) in [5.41, 5.74) is 1.05. The molecule has 0 amide bonds. The Hall–Kier alpha value is -4.67. The minimum atomic E-state index is -3.42. The molecule has 85 heavy (non-hydrogen) atoms. The van der Waals surface area contributed by atoms with Crippen molar-refractivity contribution in [1.29, 1.82) is 0 Å². The fraction of sp³-hybridized carbons (Fsp3) is 0.491. The van der Waals surface area contributed by atoms with Gasteiger partial charge >= 0.3 is 0 Å². The van der Waals surface area contributed by atoms with E-state index in [2.05, 4.69) is 43.0 Å². The molecule has 2 aromatic heterocycles. The Morgan fingerprint density at radius 2 is 0.612 bits per heavy atom. The van der Waals surface area contributed by atoms with Crippen molar-refractivity contribution in [3.05, 3.63) is 139 Å². The van der Waals surface area contributed by atoms with Crippen LogP contribution in [0, 0.1) is 6.92 Å². The van der Waals surface area contributed by atoms with Gasteiger partial charge in [-0.25, -0.2) is 97.0 Å². The van der Waals surface area contributed by atoms with Gasteiger partial charge in [-0.1, -0.05) is 60.2 Å². The van der Waals surface area contributed by atoms with Crippen molar-refractivity contribution in [3.63, 3.8) is 0 Å². The van der Waals surface area contributed by atoms with Crippen LogP contribution in [0.4, 0.5) is 0 Å². The molecule has 0 bridgehead atoms. The summed E-state index contributed by atoms with van der Waals surface area (Å²) in [6.45, 7) is 32.0. The molecule has 0 saturated heterocycles. The lowest BCUT2D eigenvalue weighted by Crippen LogP contribution is -2.42. The Kier molecular flexibility index (Phi) is 36.7. The number of nitrogens with zero attached hydrogens (tertiary/aromatic N) is 2. The minimum absolute atomic E-state index is 0.00463. The summed E-state index contributed by atoms with van der Waals surface area (Å²) in [6.07, 6.45) is 5.51. The van der Waals surface area contributed by atoms with Crippen LogP contribution < -0.4 is 33.1 Å². The normalized spacial score (nSPS) is 12.3. The molecule has 2 heterocycles. The predicted molar refractivity (Wildman–Crippen MR) is 340 cm³/mol. The number of rotatable bonds is 19. The van der Waals surface area contributed by atoms with Crippen LogP contribution >= 0.6 is 0 Å². The SMILES string of the molecule is CC(C)NS(=O)(=O)C(C)(C)C.CC(C)NS(=O)(=O)c1ccccc1.CC(C)NS(=O)(=O)c1ccccc1.CC(C)NS(=O)(=O)c1ccccn1.CC(C)NS(=O)(=O)c1ccncc1.CC(C)NS(C)(=O)=O.Cc1ccc(S(=O)(=O)NC(C)C)cc1. The Morgan fingerprint density at radius 3 is 0.859 bits per heavy atom. The van der Waals surface area contributed by atoms with E-state index in [1.165, 1.54) is 36.8 Å². The lowest BCUT2D eigenvalue weighted by molar-refractivity contribution is 0.534. The second-order valence-electron chi connectivity index (χ2n) is 21.6. The van der Waals surface area contributed by atoms with E-state index in [1.807, 2.05) is 20.8 Å². The summed E-state index contributed by atoms with van der Waals surface area (Å²) in [6, 6.07) is 30.7. The van der Waals surface area contributed by atoms with Crippen molar-refractivity contribution >= 4 is 70.2 Å². The van der Waals surface area contributed by atoms with E-state index in [4.69, 9.17) is 0 Å². The number of hydrogen-bond donors (Lipinski definition) is 7. The Morgan fingerprint density at radius 1 is 0.329 bits per heavy atom. The zero-order valence-corrected chi connectivity index (χ0v) is 57.9. The third kappa shape index (κ3) is 38.3. The topological polar surface area (TPSA) is 349 Å². The van der Waals surface area contributed by atoms with Crippen molar-refractivity contribution in [1.82, 2.24) is 43.0 Å². The highest BCUT2D eigenvalue weighted by Gasteiger charge is 2.29. The molecule has 5 rings (SSSR count). The maximum atomic E-state index is 11.6. The van der Waals surface area contributed by atoms with Gasteiger partial charge in [0.1, 0.15) is 0 Å². The number of nitrogens with one attached hydrogen (secondary N) is 7. The first-order valence-corrected chi connectivity index (χ1v) is 37.5. The molecular weight excluding hydrogens is 1240 g/mol. The summed E-state index contributed by atoms with van der Waals surface area (Å²) in [4.78, 5) is 8.68. The zero-order valence-electron chi connectivity index (χ0n) is 52.2. The van der Waals surface area contributed by atoms with Gasteiger partial charge in [-0.15, -0.1) is 0 Å². The highest BCUT2D eigenvalue weighted by atomic mass is 32.2. The number of hydrogen-bond acceptors (Lipinski definition) is 16. The van der Waals surface area contributed by atoms with Crippen LogP contribution in [0.15, 0.2) is 158 Å². The van der Waals surface area contributed by atoms with Crippen LogP contribution in [0.5, 0.6) is 0 Å². The maximum Gasteiger partial charge on any atom is 0.258 e. The number of sulfonamides is 7. The van der Waals surface area contributed by atoms with E-state index in [0.29, 0.717) is 14.7 Å². The first-order valence-electron chi connectivity index (χ1n) is 26.7. The maximum absolute atomic E-state index is 11.6. The number of aryl methyl sites for hydroxylation is 1. The second kappa shape index (κ2) is 37.9. The summed E-state index contributed by atoms with van der Waals surface area (Å²) < 4.78 is 175. The molecule has 484 valence electrons. The minimum Gasteiger partial charge on any atom is -0.265 e. The van der Waals surface area contributed by atoms with E-state index in [9.17, 15) is 58.9 Å². The third-order valence-corrected chi connectivity index (χ3v) is 20.5. The average molecular weight is 1330 g/mol. The fourth-order valence-corrected chi connectivity index (χ4v) is 13.8. The van der Waals surface area contributed by atoms with Crippen molar-refractivity contribution in [3.8, 4) is 0 Å². The van der Waals surface area contributed by atoms with Crippen molar-refractivity contribution < 1.29 is 58.9 Å². The van der Waals surface area contributed by atoms with Crippen LogP contribution in [0.3, 0.4) is 0 Å². The number of benzene rings is 3. The number of pyridine rings is 2. The molecule has 0 aliphatic carbocycles. The van der Waals surface area contributed by atoms with Crippen LogP contribution in [0.2, 0.25) is 0 Å². The molecule has 0 atom stereocenters. The lowest BCUT2D eigenvalue weighted by atomic mass is 10.2. The van der Waals surface area contributed by atoms with Crippen LogP contribution in [0.1, 0.15) is 123 Å². The Balaban J connectivity index is 0. The van der Waals surface area contributed by atoms with Gasteiger partial charge in [-0.05, 0) is 185 Å². The summed E-state index contributed by atoms with van der Waals surface area (Å²) in [5, 5.41) is 0.0590. The summed E-state index contributed by atoms with van der Waals surface area (Å²) >= 11 is 0. The highest BCUT2D eigenvalue weighted by Crippen LogP contribution is 2.14. The van der Waals surface area contributed by atoms with Gasteiger partial charge < -0.3 is 0 Å². The Labute approximate surface area is 510 Å². The van der Waals surface area contributed by atoms with Crippen molar-refractivity contribution in [2.45, 2.75) is 196 Å². The predicted octanol–water partition coefficient (Wildman–Crippen LogP) is 7.02. The quantitative estimate of drug-likeness (QED) is 0.0436. The van der Waals surface area contributed by atoms with Crippen LogP contribution in [-0.4, -0.2) is 122 Å². The molecule has 5 aromatic rings. The van der Waals surface area contributed by atoms with Crippen LogP contribution in [0.25, 0.3) is 0 Å². The molecule has 0 aliphatic rings. The summed E-state index contributed by atoms with van der Waals surface area (Å²) in [5.74, 6) is 0. The van der Waals surface area contributed by atoms with Gasteiger partial charge in [0.25, 0.3) is 10.0 Å². The van der Waals surface area contributed by atoms with E-state index < -0.39 is 74.9 Å². The van der Waals surface area contributed by atoms with E-state index in [0.717, 1.165) is 11.8 Å². The first kappa shape index (κ1) is 82.4. The molecule has 7 N–H and O–H groups in total. The van der Waals surface area contributed by atoms with E-state index in [1.54, 1.807) is 201 Å².